The molecule has 0 fully saturated rings. The predicted molar refractivity (Wildman–Crippen MR) is 97.8 cm³/mol. The lowest BCUT2D eigenvalue weighted by Gasteiger charge is -2.24. The van der Waals surface area contributed by atoms with Gasteiger partial charge in [0, 0.05) is 12.5 Å². The van der Waals surface area contributed by atoms with Gasteiger partial charge in [0.25, 0.3) is 0 Å². The molecule has 0 unspecified atom stereocenters. The van der Waals surface area contributed by atoms with Gasteiger partial charge in [0.15, 0.2) is 8.07 Å². The number of hydrogen-bond acceptors (Lipinski definition) is 4. The summed E-state index contributed by atoms with van der Waals surface area (Å²) in [5.41, 5.74) is 0.797. The van der Waals surface area contributed by atoms with Gasteiger partial charge in [0.1, 0.15) is 11.5 Å². The topological polar surface area (TPSA) is 48.7 Å². The van der Waals surface area contributed by atoms with Crippen molar-refractivity contribution >= 4 is 19.4 Å². The molecule has 0 amide bonds. The standard InChI is InChI=1S/C19H26O4Si/c1-14(20)23-17-10-9-15(12-16(17)19(2,3)4)22-13-24(5,6)18-8-7-11-21-18/h7-12H,13H2,1-6H3. The van der Waals surface area contributed by atoms with Crippen LogP contribution in [0.4, 0.5) is 0 Å². The van der Waals surface area contributed by atoms with Crippen molar-refractivity contribution in [3.63, 3.8) is 0 Å². The van der Waals surface area contributed by atoms with Crippen molar-refractivity contribution in [2.75, 3.05) is 6.23 Å². The highest BCUT2D eigenvalue weighted by Crippen LogP contribution is 2.34. The summed E-state index contributed by atoms with van der Waals surface area (Å²) in [7, 11) is -1.79. The van der Waals surface area contributed by atoms with E-state index in [1.165, 1.54) is 6.92 Å². The van der Waals surface area contributed by atoms with Crippen molar-refractivity contribution < 1.29 is 18.7 Å². The van der Waals surface area contributed by atoms with Gasteiger partial charge in [-0.25, -0.2) is 0 Å². The normalized spacial score (nSPS) is 12.1. The van der Waals surface area contributed by atoms with Crippen LogP contribution in [0.2, 0.25) is 13.1 Å². The summed E-state index contributed by atoms with van der Waals surface area (Å²) in [6, 6.07) is 9.54. The first-order valence-corrected chi connectivity index (χ1v) is 11.3. The van der Waals surface area contributed by atoms with Gasteiger partial charge in [-0.05, 0) is 35.7 Å². The molecule has 5 heteroatoms. The van der Waals surface area contributed by atoms with E-state index in [0.717, 1.165) is 16.7 Å². The molecule has 0 aliphatic heterocycles. The van der Waals surface area contributed by atoms with Gasteiger partial charge < -0.3 is 13.9 Å². The number of benzene rings is 1. The summed E-state index contributed by atoms with van der Waals surface area (Å²) in [4.78, 5) is 11.3. The number of esters is 1. The van der Waals surface area contributed by atoms with E-state index in [2.05, 4.69) is 33.9 Å². The van der Waals surface area contributed by atoms with Crippen molar-refractivity contribution in [3.8, 4) is 11.5 Å². The zero-order valence-corrected chi connectivity index (χ0v) is 16.3. The van der Waals surface area contributed by atoms with Crippen LogP contribution in [0.3, 0.4) is 0 Å². The average Bonchev–Trinajstić information content (AvgIpc) is 2.99. The molecule has 4 nitrogen and oxygen atoms in total. The summed E-state index contributed by atoms with van der Waals surface area (Å²) in [6.45, 7) is 12.1. The van der Waals surface area contributed by atoms with Crippen LogP contribution in [0.25, 0.3) is 0 Å². The van der Waals surface area contributed by atoms with Crippen LogP contribution in [-0.4, -0.2) is 20.3 Å². The summed E-state index contributed by atoms with van der Waals surface area (Å²) in [5.74, 6) is 1.05. The molecule has 0 radical (unpaired) electrons. The van der Waals surface area contributed by atoms with E-state index in [4.69, 9.17) is 13.9 Å². The maximum atomic E-state index is 11.3. The Hall–Kier alpha value is -2.01. The Bertz CT molecular complexity index is 697. The lowest BCUT2D eigenvalue weighted by molar-refractivity contribution is -0.131. The molecule has 0 saturated heterocycles. The maximum absolute atomic E-state index is 11.3. The SMILES string of the molecule is CC(=O)Oc1ccc(OC[Si](C)(C)c2ccco2)cc1C(C)(C)C. The molecule has 0 saturated carbocycles. The molecule has 2 rings (SSSR count). The van der Waals surface area contributed by atoms with Crippen LogP contribution in [0, 0.1) is 0 Å². The van der Waals surface area contributed by atoms with Crippen molar-refractivity contribution in [2.24, 2.45) is 0 Å². The number of hydrogen-bond donors (Lipinski definition) is 0. The molecule has 0 aliphatic carbocycles. The van der Waals surface area contributed by atoms with E-state index < -0.39 is 8.07 Å². The van der Waals surface area contributed by atoms with Crippen molar-refractivity contribution in [1.29, 1.82) is 0 Å². The second-order valence-corrected chi connectivity index (χ2v) is 12.2. The second-order valence-electron chi connectivity index (χ2n) is 7.65. The highest BCUT2D eigenvalue weighted by molar-refractivity contribution is 6.88. The fraction of sp³-hybridized carbons (Fsp3) is 0.421. The predicted octanol–water partition coefficient (Wildman–Crippen LogP) is 4.04. The molecule has 0 spiro atoms. The third-order valence-corrected chi connectivity index (χ3v) is 6.29. The molecule has 0 aliphatic rings. The first-order valence-electron chi connectivity index (χ1n) is 8.09. The van der Waals surface area contributed by atoms with Crippen molar-refractivity contribution in [1.82, 2.24) is 0 Å². The van der Waals surface area contributed by atoms with Gasteiger partial charge in [-0.15, -0.1) is 0 Å². The third kappa shape index (κ3) is 4.51. The maximum Gasteiger partial charge on any atom is 0.308 e. The Kier molecular flexibility index (Phi) is 5.23. The number of furan rings is 1. The molecule has 24 heavy (non-hydrogen) atoms. The van der Waals surface area contributed by atoms with Crippen LogP contribution < -0.4 is 14.9 Å². The first-order chi connectivity index (χ1) is 11.1. The number of ether oxygens (including phenoxy) is 2. The Labute approximate surface area is 144 Å². The molecular weight excluding hydrogens is 320 g/mol. The van der Waals surface area contributed by atoms with Crippen molar-refractivity contribution in [2.45, 2.75) is 46.2 Å². The number of rotatable bonds is 5. The van der Waals surface area contributed by atoms with Gasteiger partial charge in [-0.1, -0.05) is 33.9 Å². The van der Waals surface area contributed by atoms with Gasteiger partial charge in [-0.3, -0.25) is 4.79 Å². The zero-order chi connectivity index (χ0) is 18.0. The molecule has 1 aromatic carbocycles. The summed E-state index contributed by atoms with van der Waals surface area (Å²) in [5, 5.41) is 1.02. The summed E-state index contributed by atoms with van der Waals surface area (Å²) in [6.07, 6.45) is 2.33. The first kappa shape index (κ1) is 18.3. The van der Waals surface area contributed by atoms with Crippen LogP contribution >= 0.6 is 0 Å². The molecule has 1 heterocycles. The van der Waals surface area contributed by atoms with Gasteiger partial charge in [0.2, 0.25) is 0 Å². The highest BCUT2D eigenvalue weighted by Gasteiger charge is 2.28. The average molecular weight is 346 g/mol. The molecule has 0 bridgehead atoms. The van der Waals surface area contributed by atoms with Crippen LogP contribution in [0.5, 0.6) is 11.5 Å². The quantitative estimate of drug-likeness (QED) is 0.466. The van der Waals surface area contributed by atoms with Gasteiger partial charge in [-0.2, -0.15) is 0 Å². The Morgan fingerprint density at radius 3 is 2.46 bits per heavy atom. The molecular formula is C19H26O4Si. The van der Waals surface area contributed by atoms with Gasteiger partial charge >= 0.3 is 5.97 Å². The van der Waals surface area contributed by atoms with Crippen molar-refractivity contribution in [3.05, 3.63) is 42.2 Å². The molecule has 130 valence electrons. The minimum absolute atomic E-state index is 0.155. The lowest BCUT2D eigenvalue weighted by atomic mass is 9.86. The Morgan fingerprint density at radius 1 is 1.21 bits per heavy atom. The minimum Gasteiger partial charge on any atom is -0.497 e. The largest absolute Gasteiger partial charge is 0.497 e. The van der Waals surface area contributed by atoms with E-state index in [-0.39, 0.29) is 11.4 Å². The number of carbonyl (C=O) groups excluding carboxylic acids is 1. The number of carbonyl (C=O) groups is 1. The Morgan fingerprint density at radius 2 is 1.92 bits per heavy atom. The van der Waals surface area contributed by atoms with E-state index in [1.807, 2.05) is 24.3 Å². The molecule has 0 N–H and O–H groups in total. The summed E-state index contributed by atoms with van der Waals surface area (Å²) >= 11 is 0. The lowest BCUT2D eigenvalue weighted by Crippen LogP contribution is -2.46. The van der Waals surface area contributed by atoms with E-state index >= 15 is 0 Å². The molecule has 0 atom stereocenters. The summed E-state index contributed by atoms with van der Waals surface area (Å²) < 4.78 is 16.9. The third-order valence-electron chi connectivity index (χ3n) is 3.80. The fourth-order valence-corrected chi connectivity index (χ4v) is 4.03. The molecule has 1 aromatic heterocycles. The second kappa shape index (κ2) is 6.85. The van der Waals surface area contributed by atoms with Crippen LogP contribution in [-0.2, 0) is 10.2 Å². The molecule has 2 aromatic rings. The fourth-order valence-electron chi connectivity index (χ4n) is 2.43. The van der Waals surface area contributed by atoms with Crippen LogP contribution in [0.1, 0.15) is 33.3 Å². The van der Waals surface area contributed by atoms with E-state index in [1.54, 1.807) is 12.3 Å². The monoisotopic (exact) mass is 346 g/mol. The van der Waals surface area contributed by atoms with E-state index in [9.17, 15) is 4.79 Å². The van der Waals surface area contributed by atoms with E-state index in [0.29, 0.717) is 12.0 Å². The zero-order valence-electron chi connectivity index (χ0n) is 15.3. The smallest absolute Gasteiger partial charge is 0.308 e. The van der Waals surface area contributed by atoms with Crippen LogP contribution in [0.15, 0.2) is 41.0 Å². The highest BCUT2D eigenvalue weighted by atomic mass is 28.3. The van der Waals surface area contributed by atoms with Gasteiger partial charge in [0.05, 0.1) is 17.9 Å². The Balaban J connectivity index is 2.21. The minimum atomic E-state index is -1.79.